The number of carbonyl (C=O) groups is 1. The van der Waals surface area contributed by atoms with Crippen LogP contribution in [0.4, 0.5) is 15.8 Å². The van der Waals surface area contributed by atoms with Crippen LogP contribution in [0.3, 0.4) is 0 Å². The van der Waals surface area contributed by atoms with Gasteiger partial charge in [0.1, 0.15) is 5.82 Å². The van der Waals surface area contributed by atoms with Crippen molar-refractivity contribution in [2.45, 2.75) is 6.92 Å². The molecule has 104 valence electrons. The first-order valence-corrected chi connectivity index (χ1v) is 6.35. The second kappa shape index (κ2) is 6.56. The third kappa shape index (κ3) is 3.71. The summed E-state index contributed by atoms with van der Waals surface area (Å²) >= 11 is 0. The van der Waals surface area contributed by atoms with E-state index in [1.807, 2.05) is 19.1 Å². The number of hydrazine groups is 1. The van der Waals surface area contributed by atoms with Gasteiger partial charge in [-0.3, -0.25) is 15.6 Å². The van der Waals surface area contributed by atoms with Crippen LogP contribution in [0.2, 0.25) is 0 Å². The molecule has 0 aromatic heterocycles. The Labute approximate surface area is 117 Å². The predicted molar refractivity (Wildman–Crippen MR) is 78.1 cm³/mol. The van der Waals surface area contributed by atoms with Crippen molar-refractivity contribution >= 4 is 17.3 Å². The quantitative estimate of drug-likeness (QED) is 0.734. The maximum Gasteiger partial charge on any atom is 0.269 e. The van der Waals surface area contributed by atoms with E-state index in [2.05, 4.69) is 16.2 Å². The van der Waals surface area contributed by atoms with Crippen molar-refractivity contribution in [2.75, 3.05) is 17.3 Å². The second-order valence-electron chi connectivity index (χ2n) is 4.20. The lowest BCUT2D eigenvalue weighted by atomic mass is 10.2. The maximum absolute atomic E-state index is 13.0. The topological polar surface area (TPSA) is 53.2 Å². The van der Waals surface area contributed by atoms with Crippen LogP contribution in [0.15, 0.2) is 48.5 Å². The fourth-order valence-electron chi connectivity index (χ4n) is 1.71. The number of anilines is 2. The Morgan fingerprint density at radius 2 is 1.85 bits per heavy atom. The summed E-state index contributed by atoms with van der Waals surface area (Å²) in [5.41, 5.74) is 7.16. The molecule has 0 aliphatic carbocycles. The van der Waals surface area contributed by atoms with E-state index in [0.29, 0.717) is 11.3 Å². The molecule has 0 aliphatic rings. The summed E-state index contributed by atoms with van der Waals surface area (Å²) < 4.78 is 13.0. The van der Waals surface area contributed by atoms with Gasteiger partial charge in [0, 0.05) is 17.8 Å². The number of halogens is 1. The number of benzene rings is 2. The molecule has 0 saturated heterocycles. The van der Waals surface area contributed by atoms with Crippen molar-refractivity contribution in [3.63, 3.8) is 0 Å². The number of rotatable bonds is 5. The van der Waals surface area contributed by atoms with Gasteiger partial charge < -0.3 is 5.32 Å². The lowest BCUT2D eigenvalue weighted by Crippen LogP contribution is -2.29. The maximum atomic E-state index is 13.0. The monoisotopic (exact) mass is 273 g/mol. The van der Waals surface area contributed by atoms with Gasteiger partial charge >= 0.3 is 0 Å². The van der Waals surface area contributed by atoms with Gasteiger partial charge in [-0.05, 0) is 49.4 Å². The molecule has 2 aromatic rings. The molecular weight excluding hydrogens is 257 g/mol. The number of amides is 1. The molecule has 0 spiro atoms. The van der Waals surface area contributed by atoms with E-state index in [4.69, 9.17) is 0 Å². The minimum Gasteiger partial charge on any atom is -0.385 e. The van der Waals surface area contributed by atoms with Gasteiger partial charge in [-0.25, -0.2) is 4.39 Å². The molecule has 0 unspecified atom stereocenters. The molecule has 0 atom stereocenters. The highest BCUT2D eigenvalue weighted by Crippen LogP contribution is 2.10. The smallest absolute Gasteiger partial charge is 0.269 e. The molecule has 0 radical (unpaired) electrons. The largest absolute Gasteiger partial charge is 0.385 e. The van der Waals surface area contributed by atoms with E-state index in [0.717, 1.165) is 12.2 Å². The van der Waals surface area contributed by atoms with Gasteiger partial charge in [-0.15, -0.1) is 0 Å². The third-order valence-electron chi connectivity index (χ3n) is 2.67. The first kappa shape index (κ1) is 13.9. The molecule has 0 fully saturated rings. The molecule has 2 aromatic carbocycles. The molecular formula is C15H16FN3O. The van der Waals surface area contributed by atoms with Gasteiger partial charge in [-0.1, -0.05) is 6.07 Å². The zero-order chi connectivity index (χ0) is 14.4. The van der Waals surface area contributed by atoms with E-state index in [-0.39, 0.29) is 11.7 Å². The molecule has 2 rings (SSSR count). The standard InChI is InChI=1S/C15H16FN3O/c1-2-17-13-8-6-11(7-9-13)15(20)19-18-14-5-3-4-12(16)10-14/h3-10,17-18H,2H2,1H3,(H,19,20). The number of nitrogens with one attached hydrogen (secondary N) is 3. The van der Waals surface area contributed by atoms with Crippen molar-refractivity contribution in [1.29, 1.82) is 0 Å². The Bertz CT molecular complexity index is 584. The van der Waals surface area contributed by atoms with Crippen LogP contribution in [-0.4, -0.2) is 12.5 Å². The van der Waals surface area contributed by atoms with Crippen molar-refractivity contribution in [1.82, 2.24) is 5.43 Å². The zero-order valence-corrected chi connectivity index (χ0v) is 11.1. The highest BCUT2D eigenvalue weighted by atomic mass is 19.1. The Kier molecular flexibility index (Phi) is 4.55. The van der Waals surface area contributed by atoms with E-state index in [1.165, 1.54) is 12.1 Å². The van der Waals surface area contributed by atoms with E-state index in [1.54, 1.807) is 24.3 Å². The number of hydrogen-bond donors (Lipinski definition) is 3. The minimum atomic E-state index is -0.362. The molecule has 20 heavy (non-hydrogen) atoms. The Balaban J connectivity index is 1.94. The summed E-state index contributed by atoms with van der Waals surface area (Å²) in [6, 6.07) is 13.0. The number of hydrogen-bond acceptors (Lipinski definition) is 3. The molecule has 4 nitrogen and oxygen atoms in total. The van der Waals surface area contributed by atoms with Gasteiger partial charge in [0.15, 0.2) is 0 Å². The number of carbonyl (C=O) groups excluding carboxylic acids is 1. The van der Waals surface area contributed by atoms with Crippen LogP contribution < -0.4 is 16.2 Å². The molecule has 5 heteroatoms. The first-order valence-electron chi connectivity index (χ1n) is 6.35. The van der Waals surface area contributed by atoms with Crippen molar-refractivity contribution < 1.29 is 9.18 Å². The van der Waals surface area contributed by atoms with Crippen LogP contribution in [0.5, 0.6) is 0 Å². The van der Waals surface area contributed by atoms with Gasteiger partial charge in [-0.2, -0.15) is 0 Å². The second-order valence-corrected chi connectivity index (χ2v) is 4.20. The van der Waals surface area contributed by atoms with Crippen LogP contribution in [0.1, 0.15) is 17.3 Å². The Morgan fingerprint density at radius 1 is 1.10 bits per heavy atom. The van der Waals surface area contributed by atoms with Crippen LogP contribution in [0, 0.1) is 5.82 Å². The van der Waals surface area contributed by atoms with Gasteiger partial charge in [0.2, 0.25) is 0 Å². The Hall–Kier alpha value is -2.56. The first-order chi connectivity index (χ1) is 9.69. The lowest BCUT2D eigenvalue weighted by molar-refractivity contribution is 0.0962. The van der Waals surface area contributed by atoms with E-state index >= 15 is 0 Å². The molecule has 1 amide bonds. The fraction of sp³-hybridized carbons (Fsp3) is 0.133. The molecule has 0 aliphatic heterocycles. The zero-order valence-electron chi connectivity index (χ0n) is 11.1. The van der Waals surface area contributed by atoms with Crippen molar-refractivity contribution in [2.24, 2.45) is 0 Å². The summed E-state index contributed by atoms with van der Waals surface area (Å²) in [4.78, 5) is 11.9. The average molecular weight is 273 g/mol. The van der Waals surface area contributed by atoms with Gasteiger partial charge in [0.25, 0.3) is 5.91 Å². The predicted octanol–water partition coefficient (Wildman–Crippen LogP) is 3.01. The highest BCUT2D eigenvalue weighted by molar-refractivity contribution is 5.95. The summed E-state index contributed by atoms with van der Waals surface area (Å²) in [5.74, 6) is -0.642. The SMILES string of the molecule is CCNc1ccc(C(=O)NNc2cccc(F)c2)cc1. The van der Waals surface area contributed by atoms with Crippen LogP contribution in [0.25, 0.3) is 0 Å². The molecule has 0 bridgehead atoms. The normalized spacial score (nSPS) is 9.90. The minimum absolute atomic E-state index is 0.280. The third-order valence-corrected chi connectivity index (χ3v) is 2.67. The summed E-state index contributed by atoms with van der Waals surface area (Å²) in [6.45, 7) is 2.83. The van der Waals surface area contributed by atoms with E-state index in [9.17, 15) is 9.18 Å². The highest BCUT2D eigenvalue weighted by Gasteiger charge is 2.04. The fourth-order valence-corrected chi connectivity index (χ4v) is 1.71. The summed E-state index contributed by atoms with van der Waals surface area (Å²) in [5, 5.41) is 3.15. The molecule has 3 N–H and O–H groups in total. The van der Waals surface area contributed by atoms with E-state index < -0.39 is 0 Å². The summed E-state index contributed by atoms with van der Waals surface area (Å²) in [6.07, 6.45) is 0. The Morgan fingerprint density at radius 3 is 2.50 bits per heavy atom. The summed E-state index contributed by atoms with van der Waals surface area (Å²) in [7, 11) is 0. The van der Waals surface area contributed by atoms with Crippen molar-refractivity contribution in [3.8, 4) is 0 Å². The molecule has 0 saturated carbocycles. The van der Waals surface area contributed by atoms with Gasteiger partial charge in [0.05, 0.1) is 5.69 Å². The average Bonchev–Trinajstić information content (AvgIpc) is 2.46. The molecule has 0 heterocycles. The lowest BCUT2D eigenvalue weighted by Gasteiger charge is -2.09. The van der Waals surface area contributed by atoms with Crippen molar-refractivity contribution in [3.05, 3.63) is 59.9 Å². The van der Waals surface area contributed by atoms with Crippen LogP contribution in [-0.2, 0) is 0 Å². The van der Waals surface area contributed by atoms with Crippen LogP contribution >= 0.6 is 0 Å².